The summed E-state index contributed by atoms with van der Waals surface area (Å²) in [7, 11) is 1.47. The first-order valence-electron chi connectivity index (χ1n) is 3.47. The Labute approximate surface area is 108 Å². The fourth-order valence-electron chi connectivity index (χ4n) is 0.941. The maximum atomic E-state index is 10.7. The number of hydrogen-bond acceptors (Lipinski definition) is 3. The minimum atomic E-state index is -1.15. The van der Waals surface area contributed by atoms with Crippen molar-refractivity contribution >= 4 is 51.2 Å². The zero-order valence-corrected chi connectivity index (χ0v) is 11.4. The third-order valence-electron chi connectivity index (χ3n) is 1.58. The molecule has 0 fully saturated rings. The highest BCUT2D eigenvalue weighted by Crippen LogP contribution is 2.36. The molecule has 0 heterocycles. The summed E-state index contributed by atoms with van der Waals surface area (Å²) in [5.74, 6) is -0.912. The van der Waals surface area contributed by atoms with E-state index in [1.54, 1.807) is 0 Å². The Morgan fingerprint density at radius 1 is 1.50 bits per heavy atom. The molecule has 0 aliphatic heterocycles. The number of hydrogen-bond donors (Lipinski definition) is 2. The van der Waals surface area contributed by atoms with Crippen LogP contribution in [0.5, 0.6) is 11.5 Å². The fourth-order valence-corrected chi connectivity index (χ4v) is 3.06. The van der Waals surface area contributed by atoms with Gasteiger partial charge in [-0.25, -0.2) is 4.79 Å². The number of benzene rings is 1. The monoisotopic (exact) mass is 420 g/mol. The largest absolute Gasteiger partial charge is 0.506 e. The molecular formula is C8H6I2O4. The van der Waals surface area contributed by atoms with Crippen LogP contribution in [-0.4, -0.2) is 23.3 Å². The molecule has 0 aliphatic rings. The summed E-state index contributed by atoms with van der Waals surface area (Å²) in [6, 6.07) is 1.37. The molecular weight excluding hydrogens is 414 g/mol. The standard InChI is InChI=1S/C8H6I2O4/c1-14-7-4(9)2-3(8(12)13)6(11)5(7)10/h2,11H,1H3,(H,12,13). The minimum Gasteiger partial charge on any atom is -0.506 e. The number of carboxylic acids is 1. The second-order valence-electron chi connectivity index (χ2n) is 2.41. The smallest absolute Gasteiger partial charge is 0.339 e. The molecule has 4 nitrogen and oxygen atoms in total. The van der Waals surface area contributed by atoms with Crippen molar-refractivity contribution in [2.75, 3.05) is 7.11 Å². The third-order valence-corrected chi connectivity index (χ3v) is 3.39. The van der Waals surface area contributed by atoms with Crippen molar-refractivity contribution in [1.29, 1.82) is 0 Å². The van der Waals surface area contributed by atoms with Crippen LogP contribution in [-0.2, 0) is 0 Å². The van der Waals surface area contributed by atoms with Crippen molar-refractivity contribution in [3.63, 3.8) is 0 Å². The van der Waals surface area contributed by atoms with Gasteiger partial charge in [0.15, 0.2) is 0 Å². The third kappa shape index (κ3) is 2.05. The normalized spacial score (nSPS) is 9.93. The number of carboxylic acid groups (broad SMARTS) is 1. The molecule has 0 aliphatic carbocycles. The number of rotatable bonds is 2. The first-order chi connectivity index (χ1) is 6.49. The van der Waals surface area contributed by atoms with Crippen molar-refractivity contribution in [3.8, 4) is 11.5 Å². The molecule has 14 heavy (non-hydrogen) atoms. The van der Waals surface area contributed by atoms with E-state index in [9.17, 15) is 9.90 Å². The maximum Gasteiger partial charge on any atom is 0.339 e. The van der Waals surface area contributed by atoms with Crippen molar-refractivity contribution in [3.05, 3.63) is 18.8 Å². The average molecular weight is 420 g/mol. The Morgan fingerprint density at radius 2 is 2.07 bits per heavy atom. The number of aromatic hydroxyl groups is 1. The van der Waals surface area contributed by atoms with Gasteiger partial charge in [-0.05, 0) is 51.2 Å². The van der Waals surface area contributed by atoms with E-state index in [2.05, 4.69) is 0 Å². The van der Waals surface area contributed by atoms with E-state index < -0.39 is 5.97 Å². The maximum absolute atomic E-state index is 10.7. The Kier molecular flexibility index (Phi) is 3.81. The van der Waals surface area contributed by atoms with Crippen LogP contribution in [0.25, 0.3) is 0 Å². The average Bonchev–Trinajstić information content (AvgIpc) is 2.12. The van der Waals surface area contributed by atoms with Gasteiger partial charge < -0.3 is 14.9 Å². The van der Waals surface area contributed by atoms with Crippen LogP contribution < -0.4 is 4.74 Å². The molecule has 0 unspecified atom stereocenters. The molecule has 0 spiro atoms. The van der Waals surface area contributed by atoms with Gasteiger partial charge in [0.25, 0.3) is 0 Å². The molecule has 1 aromatic rings. The number of halogens is 2. The lowest BCUT2D eigenvalue weighted by Gasteiger charge is -2.09. The summed E-state index contributed by atoms with van der Waals surface area (Å²) < 4.78 is 6.09. The topological polar surface area (TPSA) is 66.8 Å². The summed E-state index contributed by atoms with van der Waals surface area (Å²) in [6.07, 6.45) is 0. The molecule has 0 saturated carbocycles. The molecule has 6 heteroatoms. The Morgan fingerprint density at radius 3 is 2.50 bits per heavy atom. The highest BCUT2D eigenvalue weighted by atomic mass is 127. The van der Waals surface area contributed by atoms with Gasteiger partial charge in [0.1, 0.15) is 17.1 Å². The first kappa shape index (κ1) is 11.8. The number of aromatic carboxylic acids is 1. The Bertz CT molecular complexity index is 389. The van der Waals surface area contributed by atoms with Crippen LogP contribution in [0, 0.1) is 7.14 Å². The van der Waals surface area contributed by atoms with Crippen LogP contribution in [0.1, 0.15) is 10.4 Å². The van der Waals surface area contributed by atoms with Gasteiger partial charge in [0, 0.05) is 0 Å². The van der Waals surface area contributed by atoms with Gasteiger partial charge in [-0.1, -0.05) is 0 Å². The molecule has 1 rings (SSSR count). The summed E-state index contributed by atoms with van der Waals surface area (Å²) in [5, 5.41) is 18.3. The zero-order valence-electron chi connectivity index (χ0n) is 7.04. The highest BCUT2D eigenvalue weighted by molar-refractivity contribution is 14.1. The van der Waals surface area contributed by atoms with Gasteiger partial charge in [-0.15, -0.1) is 0 Å². The SMILES string of the molecule is COc1c(I)cc(C(=O)O)c(O)c1I. The van der Waals surface area contributed by atoms with E-state index in [1.165, 1.54) is 13.2 Å². The molecule has 0 saturated heterocycles. The van der Waals surface area contributed by atoms with E-state index in [0.29, 0.717) is 12.9 Å². The second-order valence-corrected chi connectivity index (χ2v) is 4.65. The van der Waals surface area contributed by atoms with Crippen LogP contribution in [0.4, 0.5) is 0 Å². The van der Waals surface area contributed by atoms with Crippen molar-refractivity contribution in [2.24, 2.45) is 0 Å². The van der Waals surface area contributed by atoms with E-state index in [4.69, 9.17) is 9.84 Å². The van der Waals surface area contributed by atoms with Crippen LogP contribution in [0.2, 0.25) is 0 Å². The van der Waals surface area contributed by atoms with Crippen molar-refractivity contribution in [2.45, 2.75) is 0 Å². The molecule has 0 amide bonds. The lowest BCUT2D eigenvalue weighted by atomic mass is 10.2. The van der Waals surface area contributed by atoms with E-state index >= 15 is 0 Å². The van der Waals surface area contributed by atoms with E-state index in [-0.39, 0.29) is 11.3 Å². The Balaban J connectivity index is 3.47. The molecule has 76 valence electrons. The first-order valence-corrected chi connectivity index (χ1v) is 5.63. The van der Waals surface area contributed by atoms with Crippen LogP contribution in [0.15, 0.2) is 6.07 Å². The summed E-state index contributed by atoms with van der Waals surface area (Å²) in [4.78, 5) is 10.7. The zero-order chi connectivity index (χ0) is 10.9. The van der Waals surface area contributed by atoms with Gasteiger partial charge in [-0.3, -0.25) is 0 Å². The molecule has 0 aromatic heterocycles. The minimum absolute atomic E-state index is 0.111. The molecule has 2 N–H and O–H groups in total. The van der Waals surface area contributed by atoms with Crippen LogP contribution >= 0.6 is 45.2 Å². The van der Waals surface area contributed by atoms with Gasteiger partial charge in [0.05, 0.1) is 14.3 Å². The fraction of sp³-hybridized carbons (Fsp3) is 0.125. The lowest BCUT2D eigenvalue weighted by molar-refractivity contribution is 0.0693. The van der Waals surface area contributed by atoms with Gasteiger partial charge >= 0.3 is 5.97 Å². The number of carbonyl (C=O) groups is 1. The van der Waals surface area contributed by atoms with E-state index in [0.717, 1.165) is 0 Å². The van der Waals surface area contributed by atoms with Gasteiger partial charge in [-0.2, -0.15) is 0 Å². The highest BCUT2D eigenvalue weighted by Gasteiger charge is 2.19. The van der Waals surface area contributed by atoms with Crippen LogP contribution in [0.3, 0.4) is 0 Å². The van der Waals surface area contributed by atoms with Crippen molar-refractivity contribution < 1.29 is 19.7 Å². The Hall–Kier alpha value is -0.250. The molecule has 0 atom stereocenters. The lowest BCUT2D eigenvalue weighted by Crippen LogP contribution is -2.01. The number of methoxy groups -OCH3 is 1. The number of ether oxygens (including phenoxy) is 1. The predicted molar refractivity (Wildman–Crippen MR) is 67.1 cm³/mol. The molecule has 0 bridgehead atoms. The van der Waals surface area contributed by atoms with E-state index in [1.807, 2.05) is 45.2 Å². The number of phenols is 1. The summed E-state index contributed by atoms with van der Waals surface area (Å²) in [6.45, 7) is 0. The van der Waals surface area contributed by atoms with Crippen molar-refractivity contribution in [1.82, 2.24) is 0 Å². The molecule has 1 aromatic carbocycles. The second kappa shape index (κ2) is 4.51. The van der Waals surface area contributed by atoms with Gasteiger partial charge in [0.2, 0.25) is 0 Å². The predicted octanol–water partition coefficient (Wildman–Crippen LogP) is 2.31. The quantitative estimate of drug-likeness (QED) is 0.722. The molecule has 0 radical (unpaired) electrons. The summed E-state index contributed by atoms with van der Waals surface area (Å²) in [5.41, 5.74) is -0.111. The summed E-state index contributed by atoms with van der Waals surface area (Å²) >= 11 is 3.80.